The smallest absolute Gasteiger partial charge is 0.415 e. The number of hydrogen-bond donors (Lipinski definition) is 2. The molecule has 0 saturated carbocycles. The molecule has 1 saturated heterocycles. The van der Waals surface area contributed by atoms with E-state index in [1.165, 1.54) is 41.3 Å². The predicted octanol–water partition coefficient (Wildman–Crippen LogP) is 4.03. The van der Waals surface area contributed by atoms with Crippen LogP contribution in [0.25, 0.3) is 0 Å². The number of amides is 2. The zero-order valence-electron chi connectivity index (χ0n) is 15.9. The number of cyclic esters (lactones) is 1. The van der Waals surface area contributed by atoms with Crippen molar-refractivity contribution in [3.8, 4) is 5.75 Å². The maximum Gasteiger partial charge on any atom is 0.415 e. The minimum atomic E-state index is -0.681. The highest BCUT2D eigenvalue weighted by molar-refractivity contribution is 5.94. The molecular weight excluding hydrogens is 387 g/mol. The molecule has 1 aliphatic rings. The molecule has 1 fully saturated rings. The van der Waals surface area contributed by atoms with E-state index in [-0.39, 0.29) is 18.2 Å². The van der Waals surface area contributed by atoms with Gasteiger partial charge < -0.3 is 15.2 Å². The summed E-state index contributed by atoms with van der Waals surface area (Å²) < 4.78 is 18.9. The third kappa shape index (κ3) is 3.96. The quantitative estimate of drug-likeness (QED) is 0.671. The maximum absolute atomic E-state index is 13.4. The van der Waals surface area contributed by atoms with E-state index in [1.807, 2.05) is 6.07 Å². The largest absolute Gasteiger partial charge is 0.508 e. The van der Waals surface area contributed by atoms with Crippen LogP contribution in [-0.4, -0.2) is 29.8 Å². The molecule has 2 atom stereocenters. The maximum atomic E-state index is 13.4. The summed E-state index contributed by atoms with van der Waals surface area (Å²) >= 11 is 0. The Bertz CT molecular complexity index is 1040. The number of halogens is 1. The van der Waals surface area contributed by atoms with Crippen molar-refractivity contribution in [1.82, 2.24) is 5.32 Å². The van der Waals surface area contributed by atoms with Gasteiger partial charge in [0, 0.05) is 11.3 Å². The van der Waals surface area contributed by atoms with Gasteiger partial charge in [-0.25, -0.2) is 9.18 Å². The second-order valence-corrected chi connectivity index (χ2v) is 6.88. The molecule has 152 valence electrons. The number of nitrogens with zero attached hydrogens (tertiary/aromatic N) is 1. The van der Waals surface area contributed by atoms with Gasteiger partial charge in [-0.1, -0.05) is 30.3 Å². The Morgan fingerprint density at radius 2 is 1.67 bits per heavy atom. The van der Waals surface area contributed by atoms with E-state index in [4.69, 9.17) is 4.74 Å². The van der Waals surface area contributed by atoms with Crippen molar-refractivity contribution in [2.75, 3.05) is 11.4 Å². The standard InChI is InChI=1S/C23H19FN2O4/c24-17-8-10-18(11-9-17)26-21(15-6-12-19(27)13-7-15)20(30-23(26)29)14-25-22(28)16-4-2-1-3-5-16/h1-13,20-21,27H,14H2,(H,25,28)/t20-,21?/m1/s1. The molecule has 7 heteroatoms. The molecule has 2 amide bonds. The van der Waals surface area contributed by atoms with Gasteiger partial charge in [0.25, 0.3) is 5.91 Å². The molecule has 0 spiro atoms. The first-order valence-corrected chi connectivity index (χ1v) is 9.40. The lowest BCUT2D eigenvalue weighted by Gasteiger charge is -2.25. The third-order valence-electron chi connectivity index (χ3n) is 4.92. The zero-order valence-corrected chi connectivity index (χ0v) is 15.9. The number of phenols is 1. The third-order valence-corrected chi connectivity index (χ3v) is 4.92. The SMILES string of the molecule is O=C(NC[C@H]1OC(=O)N(c2ccc(F)cc2)C1c1ccc(O)cc1)c1ccccc1. The highest BCUT2D eigenvalue weighted by atomic mass is 19.1. The van der Waals surface area contributed by atoms with Crippen LogP contribution >= 0.6 is 0 Å². The summed E-state index contributed by atoms with van der Waals surface area (Å²) in [6.45, 7) is 0.0860. The Kier molecular flexibility index (Phi) is 5.34. The zero-order chi connectivity index (χ0) is 21.1. The van der Waals surface area contributed by atoms with Crippen LogP contribution in [0.1, 0.15) is 22.0 Å². The summed E-state index contributed by atoms with van der Waals surface area (Å²) in [4.78, 5) is 26.5. The summed E-state index contributed by atoms with van der Waals surface area (Å²) in [5.41, 5.74) is 1.68. The lowest BCUT2D eigenvalue weighted by Crippen LogP contribution is -2.37. The minimum Gasteiger partial charge on any atom is -0.508 e. The number of aromatic hydroxyl groups is 1. The first-order chi connectivity index (χ1) is 14.5. The molecule has 4 rings (SSSR count). The van der Waals surface area contributed by atoms with Gasteiger partial charge in [0.15, 0.2) is 0 Å². The molecule has 0 bridgehead atoms. The topological polar surface area (TPSA) is 78.9 Å². The Balaban J connectivity index is 1.61. The molecule has 3 aromatic carbocycles. The van der Waals surface area contributed by atoms with Crippen molar-refractivity contribution in [3.63, 3.8) is 0 Å². The van der Waals surface area contributed by atoms with Gasteiger partial charge in [0.1, 0.15) is 23.7 Å². The molecule has 1 heterocycles. The van der Waals surface area contributed by atoms with Crippen molar-refractivity contribution >= 4 is 17.7 Å². The van der Waals surface area contributed by atoms with Gasteiger partial charge in [0.05, 0.1) is 6.54 Å². The van der Waals surface area contributed by atoms with Crippen LogP contribution in [0.3, 0.4) is 0 Å². The van der Waals surface area contributed by atoms with Crippen molar-refractivity contribution in [1.29, 1.82) is 0 Å². The van der Waals surface area contributed by atoms with Crippen LogP contribution in [-0.2, 0) is 4.74 Å². The minimum absolute atomic E-state index is 0.0860. The van der Waals surface area contributed by atoms with Crippen molar-refractivity contribution < 1.29 is 23.8 Å². The summed E-state index contributed by atoms with van der Waals surface area (Å²) in [6.07, 6.45) is -1.28. The molecule has 30 heavy (non-hydrogen) atoms. The van der Waals surface area contributed by atoms with Crippen LogP contribution in [0.2, 0.25) is 0 Å². The number of hydrogen-bond acceptors (Lipinski definition) is 4. The molecule has 6 nitrogen and oxygen atoms in total. The molecular formula is C23H19FN2O4. The second kappa shape index (κ2) is 8.24. The molecule has 2 N–H and O–H groups in total. The van der Waals surface area contributed by atoms with Crippen LogP contribution in [0.4, 0.5) is 14.9 Å². The number of carbonyl (C=O) groups excluding carboxylic acids is 2. The molecule has 0 aromatic heterocycles. The van der Waals surface area contributed by atoms with Gasteiger partial charge in [0.2, 0.25) is 0 Å². The van der Waals surface area contributed by atoms with E-state index in [0.29, 0.717) is 16.8 Å². The van der Waals surface area contributed by atoms with Gasteiger partial charge in [-0.3, -0.25) is 9.69 Å². The summed E-state index contributed by atoms with van der Waals surface area (Å²) in [6, 6.07) is 20.1. The van der Waals surface area contributed by atoms with Crippen molar-refractivity contribution in [2.45, 2.75) is 12.1 Å². The number of ether oxygens (including phenoxy) is 1. The first-order valence-electron chi connectivity index (χ1n) is 9.40. The van der Waals surface area contributed by atoms with E-state index >= 15 is 0 Å². The summed E-state index contributed by atoms with van der Waals surface area (Å²) in [5.74, 6) is -0.609. The molecule has 1 unspecified atom stereocenters. The fraction of sp³-hybridized carbons (Fsp3) is 0.130. The molecule has 0 radical (unpaired) electrons. The molecule has 0 aliphatic carbocycles. The number of rotatable bonds is 5. The average molecular weight is 406 g/mol. The van der Waals surface area contributed by atoms with Crippen LogP contribution in [0, 0.1) is 5.82 Å². The average Bonchev–Trinajstić information content (AvgIpc) is 3.10. The highest BCUT2D eigenvalue weighted by Gasteiger charge is 2.43. The Morgan fingerprint density at radius 3 is 2.33 bits per heavy atom. The molecule has 1 aliphatic heterocycles. The van der Waals surface area contributed by atoms with Crippen LogP contribution < -0.4 is 10.2 Å². The monoisotopic (exact) mass is 406 g/mol. The van der Waals surface area contributed by atoms with Crippen LogP contribution in [0.15, 0.2) is 78.9 Å². The fourth-order valence-corrected chi connectivity index (χ4v) is 3.47. The predicted molar refractivity (Wildman–Crippen MR) is 109 cm³/mol. The Hall–Kier alpha value is -3.87. The van der Waals surface area contributed by atoms with E-state index < -0.39 is 24.1 Å². The van der Waals surface area contributed by atoms with Gasteiger partial charge in [-0.2, -0.15) is 0 Å². The first kappa shape index (κ1) is 19.4. The van der Waals surface area contributed by atoms with Gasteiger partial charge in [-0.15, -0.1) is 0 Å². The number of anilines is 1. The van der Waals surface area contributed by atoms with E-state index in [9.17, 15) is 19.1 Å². The van der Waals surface area contributed by atoms with Crippen LogP contribution in [0.5, 0.6) is 5.75 Å². The summed E-state index contributed by atoms with van der Waals surface area (Å²) in [7, 11) is 0. The lowest BCUT2D eigenvalue weighted by atomic mass is 9.99. The second-order valence-electron chi connectivity index (χ2n) is 6.88. The van der Waals surface area contributed by atoms with E-state index in [1.54, 1.807) is 36.4 Å². The summed E-state index contributed by atoms with van der Waals surface area (Å²) in [5, 5.41) is 12.4. The molecule has 3 aromatic rings. The number of phenolic OH excluding ortho intramolecular Hbond substituents is 1. The highest BCUT2D eigenvalue weighted by Crippen LogP contribution is 2.37. The Morgan fingerprint density at radius 1 is 1.00 bits per heavy atom. The number of carbonyl (C=O) groups is 2. The van der Waals surface area contributed by atoms with Crippen molar-refractivity contribution in [3.05, 3.63) is 95.8 Å². The fourth-order valence-electron chi connectivity index (χ4n) is 3.47. The normalized spacial score (nSPS) is 18.2. The van der Waals surface area contributed by atoms with E-state index in [0.717, 1.165) is 0 Å². The Labute approximate surface area is 172 Å². The number of benzene rings is 3. The number of nitrogens with one attached hydrogen (secondary N) is 1. The van der Waals surface area contributed by atoms with Gasteiger partial charge in [-0.05, 0) is 54.1 Å². The lowest BCUT2D eigenvalue weighted by molar-refractivity contribution is 0.0902. The van der Waals surface area contributed by atoms with Gasteiger partial charge >= 0.3 is 6.09 Å². The van der Waals surface area contributed by atoms with Crippen molar-refractivity contribution in [2.24, 2.45) is 0 Å². The van der Waals surface area contributed by atoms with E-state index in [2.05, 4.69) is 5.32 Å².